The van der Waals surface area contributed by atoms with Crippen LogP contribution in [-0.4, -0.2) is 70.5 Å². The number of aryl methyl sites for hydroxylation is 2. The van der Waals surface area contributed by atoms with Crippen LogP contribution < -0.4 is 16.1 Å². The highest BCUT2D eigenvalue weighted by atomic mass is 16.6. The topological polar surface area (TPSA) is 157 Å². The Bertz CT molecular complexity index is 1210. The minimum absolute atomic E-state index is 0.193. The number of epoxide rings is 1. The number of carboxylic acid groups (broad SMARTS) is 1. The van der Waals surface area contributed by atoms with Crippen molar-refractivity contribution in [2.45, 2.75) is 70.7 Å². The van der Waals surface area contributed by atoms with E-state index < -0.39 is 48.4 Å². The molecule has 0 saturated carbocycles. The first-order valence-corrected chi connectivity index (χ1v) is 13.7. The molecule has 1 saturated heterocycles. The van der Waals surface area contributed by atoms with Gasteiger partial charge in [-0.1, -0.05) is 74.5 Å². The molecule has 2 aromatic carbocycles. The second-order valence-electron chi connectivity index (χ2n) is 10.4. The zero-order valence-electron chi connectivity index (χ0n) is 23.5. The summed E-state index contributed by atoms with van der Waals surface area (Å²) in [7, 11) is 0. The van der Waals surface area contributed by atoms with Gasteiger partial charge >= 0.3 is 5.97 Å². The summed E-state index contributed by atoms with van der Waals surface area (Å²) in [5.74, 6) is -3.93. The summed E-state index contributed by atoms with van der Waals surface area (Å²) in [5, 5.41) is 15.3. The van der Waals surface area contributed by atoms with E-state index in [4.69, 9.17) is 4.74 Å². The van der Waals surface area contributed by atoms with Crippen LogP contribution in [0.15, 0.2) is 60.7 Å². The fourth-order valence-electron chi connectivity index (χ4n) is 4.28. The van der Waals surface area contributed by atoms with Crippen molar-refractivity contribution < 1.29 is 33.8 Å². The van der Waals surface area contributed by atoms with Crippen LogP contribution in [0.25, 0.3) is 0 Å². The van der Waals surface area contributed by atoms with Gasteiger partial charge in [-0.3, -0.25) is 29.4 Å². The smallest absolute Gasteiger partial charge is 0.325 e. The summed E-state index contributed by atoms with van der Waals surface area (Å²) in [6.07, 6.45) is 0.713. The highest BCUT2D eigenvalue weighted by molar-refractivity contribution is 5.94. The van der Waals surface area contributed by atoms with Crippen LogP contribution in [0.4, 0.5) is 0 Å². The van der Waals surface area contributed by atoms with Crippen molar-refractivity contribution in [2.75, 3.05) is 6.54 Å². The van der Waals surface area contributed by atoms with Crippen molar-refractivity contribution >= 4 is 29.6 Å². The number of carbonyl (C=O) groups is 5. The fraction of sp³-hybridized carbons (Fsp3) is 0.433. The van der Waals surface area contributed by atoms with Crippen molar-refractivity contribution in [1.82, 2.24) is 21.1 Å². The van der Waals surface area contributed by atoms with Gasteiger partial charge in [0.1, 0.15) is 18.6 Å². The first-order chi connectivity index (χ1) is 19.5. The van der Waals surface area contributed by atoms with E-state index in [1.54, 1.807) is 13.8 Å². The van der Waals surface area contributed by atoms with Gasteiger partial charge in [-0.25, -0.2) is 5.01 Å². The lowest BCUT2D eigenvalue weighted by Gasteiger charge is -2.26. The Hall–Kier alpha value is -4.25. The lowest BCUT2D eigenvalue weighted by Crippen LogP contribution is -2.58. The summed E-state index contributed by atoms with van der Waals surface area (Å²) in [6, 6.07) is 17.1. The number of hydrogen-bond donors (Lipinski definition) is 4. The molecule has 4 N–H and O–H groups in total. The van der Waals surface area contributed by atoms with Crippen LogP contribution in [0.5, 0.6) is 0 Å². The molecule has 220 valence electrons. The van der Waals surface area contributed by atoms with Crippen LogP contribution in [0.3, 0.4) is 0 Å². The summed E-state index contributed by atoms with van der Waals surface area (Å²) in [4.78, 5) is 62.6. The number of carboxylic acids is 1. The third-order valence-electron chi connectivity index (χ3n) is 6.69. The van der Waals surface area contributed by atoms with Crippen molar-refractivity contribution in [3.63, 3.8) is 0 Å². The van der Waals surface area contributed by atoms with Crippen molar-refractivity contribution in [1.29, 1.82) is 0 Å². The maximum Gasteiger partial charge on any atom is 0.325 e. The Balaban J connectivity index is 1.51. The maximum absolute atomic E-state index is 13.0. The van der Waals surface area contributed by atoms with Crippen molar-refractivity contribution in [2.24, 2.45) is 5.92 Å². The largest absolute Gasteiger partial charge is 0.480 e. The molecule has 0 bridgehead atoms. The van der Waals surface area contributed by atoms with Gasteiger partial charge < -0.3 is 20.5 Å². The van der Waals surface area contributed by atoms with E-state index in [0.29, 0.717) is 24.3 Å². The number of aliphatic carboxylic acids is 1. The monoisotopic (exact) mass is 566 g/mol. The van der Waals surface area contributed by atoms with E-state index in [-0.39, 0.29) is 24.3 Å². The number of nitrogens with one attached hydrogen (secondary N) is 3. The van der Waals surface area contributed by atoms with Crippen molar-refractivity contribution in [3.05, 3.63) is 71.8 Å². The second kappa shape index (κ2) is 14.9. The number of amides is 4. The lowest BCUT2D eigenvalue weighted by atomic mass is 10.0. The SMILES string of the molecule is CC(C)[C@H](NC(=O)CCc1ccccc1)C(=O)N[C@@H](C)C(=O)NN(CC(=O)O)C(=O)C1OC1CCc1ccccc1. The van der Waals surface area contributed by atoms with E-state index in [1.165, 1.54) is 6.92 Å². The molecule has 4 amide bonds. The molecule has 2 unspecified atom stereocenters. The number of hydrazine groups is 1. The van der Waals surface area contributed by atoms with E-state index in [1.807, 2.05) is 60.7 Å². The molecular weight excluding hydrogens is 528 g/mol. The van der Waals surface area contributed by atoms with E-state index in [2.05, 4.69) is 16.1 Å². The molecule has 1 fully saturated rings. The molecule has 4 atom stereocenters. The molecule has 41 heavy (non-hydrogen) atoms. The molecule has 0 spiro atoms. The average molecular weight is 567 g/mol. The Morgan fingerprint density at radius 1 is 0.854 bits per heavy atom. The zero-order valence-corrected chi connectivity index (χ0v) is 23.5. The second-order valence-corrected chi connectivity index (χ2v) is 10.4. The number of hydrogen-bond acceptors (Lipinski definition) is 6. The third-order valence-corrected chi connectivity index (χ3v) is 6.69. The zero-order chi connectivity index (χ0) is 29.9. The quantitative estimate of drug-likeness (QED) is 0.200. The Kier molecular flexibility index (Phi) is 11.4. The van der Waals surface area contributed by atoms with Gasteiger partial charge in [0.15, 0.2) is 6.10 Å². The first kappa shape index (κ1) is 31.3. The van der Waals surface area contributed by atoms with Gasteiger partial charge in [-0.05, 0) is 43.2 Å². The minimum atomic E-state index is -1.32. The highest BCUT2D eigenvalue weighted by Gasteiger charge is 2.47. The van der Waals surface area contributed by atoms with E-state index >= 15 is 0 Å². The van der Waals surface area contributed by atoms with E-state index in [9.17, 15) is 29.1 Å². The number of benzene rings is 2. The predicted molar refractivity (Wildman–Crippen MR) is 150 cm³/mol. The lowest BCUT2D eigenvalue weighted by molar-refractivity contribution is -0.151. The summed E-state index contributed by atoms with van der Waals surface area (Å²) >= 11 is 0. The fourth-order valence-corrected chi connectivity index (χ4v) is 4.28. The molecule has 1 heterocycles. The standard InChI is InChI=1S/C30H38N4O7/c1-19(2)26(32-24(35)17-15-22-12-8-5-9-13-22)29(39)31-20(3)28(38)33-34(18-25(36)37)30(40)27-23(41-27)16-14-21-10-6-4-7-11-21/h4-13,19-20,23,26-27H,14-18H2,1-3H3,(H,31,39)(H,32,35)(H,33,38)(H,36,37)/t20-,23?,26-,27?/m0/s1. The van der Waals surface area contributed by atoms with Crippen LogP contribution in [-0.2, 0) is 41.6 Å². The normalized spacial score (nSPS) is 17.2. The molecular formula is C30H38N4O7. The Morgan fingerprint density at radius 3 is 2.00 bits per heavy atom. The molecule has 0 aromatic heterocycles. The first-order valence-electron chi connectivity index (χ1n) is 13.7. The van der Waals surface area contributed by atoms with Gasteiger partial charge in [0.2, 0.25) is 11.8 Å². The molecule has 1 aliphatic heterocycles. The predicted octanol–water partition coefficient (Wildman–Crippen LogP) is 1.61. The molecule has 0 radical (unpaired) electrons. The molecule has 2 aromatic rings. The average Bonchev–Trinajstić information content (AvgIpc) is 3.73. The molecule has 1 aliphatic rings. The van der Waals surface area contributed by atoms with Crippen LogP contribution in [0.2, 0.25) is 0 Å². The highest BCUT2D eigenvalue weighted by Crippen LogP contribution is 2.28. The number of rotatable bonds is 14. The van der Waals surface area contributed by atoms with Gasteiger partial charge in [0, 0.05) is 6.42 Å². The molecule has 0 aliphatic carbocycles. The van der Waals surface area contributed by atoms with Crippen LogP contribution in [0.1, 0.15) is 44.7 Å². The summed E-state index contributed by atoms with van der Waals surface area (Å²) in [5.41, 5.74) is 4.38. The Morgan fingerprint density at radius 2 is 1.44 bits per heavy atom. The van der Waals surface area contributed by atoms with Crippen molar-refractivity contribution in [3.8, 4) is 0 Å². The van der Waals surface area contributed by atoms with Gasteiger partial charge in [0.25, 0.3) is 11.8 Å². The molecule has 3 rings (SSSR count). The number of nitrogens with zero attached hydrogens (tertiary/aromatic N) is 1. The molecule has 11 heteroatoms. The summed E-state index contributed by atoms with van der Waals surface area (Å²) in [6.45, 7) is 4.16. The van der Waals surface area contributed by atoms with Gasteiger partial charge in [0.05, 0.1) is 6.10 Å². The van der Waals surface area contributed by atoms with Gasteiger partial charge in [-0.2, -0.15) is 0 Å². The minimum Gasteiger partial charge on any atom is -0.480 e. The van der Waals surface area contributed by atoms with E-state index in [0.717, 1.165) is 11.1 Å². The maximum atomic E-state index is 13.0. The Labute approximate surface area is 239 Å². The number of ether oxygens (including phenoxy) is 1. The van der Waals surface area contributed by atoms with Crippen LogP contribution >= 0.6 is 0 Å². The molecule has 11 nitrogen and oxygen atoms in total. The van der Waals surface area contributed by atoms with Gasteiger partial charge in [-0.15, -0.1) is 0 Å². The number of carbonyl (C=O) groups excluding carboxylic acids is 4. The van der Waals surface area contributed by atoms with Crippen LogP contribution in [0, 0.1) is 5.92 Å². The third kappa shape index (κ3) is 10.0. The summed E-state index contributed by atoms with van der Waals surface area (Å²) < 4.78 is 5.47.